The van der Waals surface area contributed by atoms with Gasteiger partial charge < -0.3 is 0 Å². The Balaban J connectivity index is 1.88. The van der Waals surface area contributed by atoms with E-state index in [1.807, 2.05) is 0 Å². The zero-order valence-corrected chi connectivity index (χ0v) is 16.2. The predicted molar refractivity (Wildman–Crippen MR) is 102 cm³/mol. The van der Waals surface area contributed by atoms with Gasteiger partial charge in [0.25, 0.3) is 15.7 Å². The first kappa shape index (κ1) is 21.3. The van der Waals surface area contributed by atoms with Crippen molar-refractivity contribution in [1.82, 2.24) is 9.78 Å². The average molecular weight is 440 g/mol. The van der Waals surface area contributed by atoms with Crippen molar-refractivity contribution in [2.75, 3.05) is 4.72 Å². The molecule has 0 unspecified atom stereocenters. The molecular weight excluding hydrogens is 425 g/mol. The molecule has 1 N–H and O–H groups in total. The number of nitrogens with zero attached hydrogens (tertiary/aromatic N) is 3. The molecule has 3 aromatic rings. The van der Waals surface area contributed by atoms with E-state index >= 15 is 0 Å². The number of anilines is 1. The molecule has 30 heavy (non-hydrogen) atoms. The lowest BCUT2D eigenvalue weighted by atomic mass is 10.1. The fourth-order valence-electron chi connectivity index (χ4n) is 2.70. The summed E-state index contributed by atoms with van der Waals surface area (Å²) in [6, 6.07) is 11.2. The second-order valence-corrected chi connectivity index (χ2v) is 8.08. The largest absolute Gasteiger partial charge is 0.393 e. The van der Waals surface area contributed by atoms with Gasteiger partial charge in [0.2, 0.25) is 0 Å². The molecule has 12 heteroatoms. The van der Waals surface area contributed by atoms with Crippen LogP contribution in [0.3, 0.4) is 0 Å². The Labute approximate surface area is 169 Å². The fourth-order valence-corrected chi connectivity index (χ4v) is 3.73. The molecule has 0 saturated carbocycles. The number of alkyl halides is 3. The number of halogens is 3. The first-order valence-electron chi connectivity index (χ1n) is 8.45. The fraction of sp³-hybridized carbons (Fsp3) is 0.167. The van der Waals surface area contributed by atoms with Crippen LogP contribution in [0.25, 0.3) is 5.69 Å². The summed E-state index contributed by atoms with van der Waals surface area (Å²) in [5.41, 5.74) is 0.662. The molecule has 158 valence electrons. The van der Waals surface area contributed by atoms with E-state index in [0.29, 0.717) is 11.4 Å². The van der Waals surface area contributed by atoms with Crippen LogP contribution < -0.4 is 4.72 Å². The van der Waals surface area contributed by atoms with Gasteiger partial charge in [0, 0.05) is 18.2 Å². The van der Waals surface area contributed by atoms with E-state index in [0.717, 1.165) is 24.3 Å². The Morgan fingerprint density at radius 1 is 1.10 bits per heavy atom. The van der Waals surface area contributed by atoms with E-state index in [9.17, 15) is 31.7 Å². The van der Waals surface area contributed by atoms with Crippen LogP contribution in [-0.2, 0) is 16.4 Å². The second kappa shape index (κ2) is 7.78. The number of aryl methyl sites for hydroxylation is 1. The predicted octanol–water partition coefficient (Wildman–Crippen LogP) is 3.99. The summed E-state index contributed by atoms with van der Waals surface area (Å²) in [5, 5.41) is 15.0. The smallest absolute Gasteiger partial charge is 0.263 e. The summed E-state index contributed by atoms with van der Waals surface area (Å²) in [4.78, 5) is 10.0. The number of rotatable bonds is 6. The van der Waals surface area contributed by atoms with E-state index in [-0.39, 0.29) is 22.0 Å². The van der Waals surface area contributed by atoms with Crippen molar-refractivity contribution in [2.45, 2.75) is 24.4 Å². The summed E-state index contributed by atoms with van der Waals surface area (Å²) in [5.74, 6) is 0.0701. The highest BCUT2D eigenvalue weighted by atomic mass is 32.2. The zero-order chi connectivity index (χ0) is 22.1. The lowest BCUT2D eigenvalue weighted by Crippen LogP contribution is -2.16. The maximum absolute atomic E-state index is 12.7. The molecule has 1 heterocycles. The molecular formula is C18H15F3N4O4S. The number of hydrogen-bond acceptors (Lipinski definition) is 5. The Morgan fingerprint density at radius 3 is 2.23 bits per heavy atom. The third-order valence-corrected chi connectivity index (χ3v) is 5.38. The Morgan fingerprint density at radius 2 is 1.70 bits per heavy atom. The van der Waals surface area contributed by atoms with Crippen molar-refractivity contribution in [2.24, 2.45) is 0 Å². The highest BCUT2D eigenvalue weighted by Gasteiger charge is 2.28. The van der Waals surface area contributed by atoms with E-state index in [1.165, 1.54) is 35.0 Å². The molecule has 0 aliphatic carbocycles. The van der Waals surface area contributed by atoms with Gasteiger partial charge in [-0.2, -0.15) is 18.3 Å². The van der Waals surface area contributed by atoms with E-state index in [4.69, 9.17) is 0 Å². The molecule has 0 aliphatic rings. The second-order valence-electron chi connectivity index (χ2n) is 6.40. The van der Waals surface area contributed by atoms with Crippen LogP contribution >= 0.6 is 0 Å². The van der Waals surface area contributed by atoms with Gasteiger partial charge in [-0.3, -0.25) is 14.8 Å². The average Bonchev–Trinajstić information content (AvgIpc) is 3.00. The standard InChI is InChI=1S/C18H15F3N4O4S/c1-12-10-17(24(22-12)14-4-6-15(7-5-14)25(26)27)23-30(28,29)16-8-2-13(3-9-16)11-18(19,20)21/h2-10,23H,11H2,1H3. The molecule has 1 aromatic heterocycles. The van der Waals surface area contributed by atoms with E-state index in [2.05, 4.69) is 9.82 Å². The van der Waals surface area contributed by atoms with Gasteiger partial charge in [-0.25, -0.2) is 13.1 Å². The van der Waals surface area contributed by atoms with Crippen LogP contribution in [0, 0.1) is 17.0 Å². The minimum Gasteiger partial charge on any atom is -0.263 e. The minimum atomic E-state index is -4.40. The van der Waals surface area contributed by atoms with Crippen LogP contribution in [0.1, 0.15) is 11.3 Å². The maximum atomic E-state index is 12.7. The topological polar surface area (TPSA) is 107 Å². The highest BCUT2D eigenvalue weighted by molar-refractivity contribution is 7.92. The van der Waals surface area contributed by atoms with Crippen molar-refractivity contribution in [1.29, 1.82) is 0 Å². The van der Waals surface area contributed by atoms with Gasteiger partial charge >= 0.3 is 6.18 Å². The van der Waals surface area contributed by atoms with Crippen molar-refractivity contribution in [3.05, 3.63) is 76.0 Å². The lowest BCUT2D eigenvalue weighted by molar-refractivity contribution is -0.384. The van der Waals surface area contributed by atoms with Crippen LogP contribution in [0.5, 0.6) is 0 Å². The van der Waals surface area contributed by atoms with Gasteiger partial charge in [0.05, 0.1) is 27.6 Å². The number of non-ortho nitro benzene ring substituents is 1. The van der Waals surface area contributed by atoms with Gasteiger partial charge in [-0.15, -0.1) is 0 Å². The van der Waals surface area contributed by atoms with Crippen molar-refractivity contribution < 1.29 is 26.5 Å². The molecule has 0 atom stereocenters. The van der Waals surface area contributed by atoms with Gasteiger partial charge in [0.1, 0.15) is 5.82 Å². The molecule has 3 rings (SSSR count). The van der Waals surface area contributed by atoms with Gasteiger partial charge in [-0.1, -0.05) is 12.1 Å². The van der Waals surface area contributed by atoms with Crippen LogP contribution in [-0.4, -0.2) is 29.3 Å². The molecule has 2 aromatic carbocycles. The summed E-state index contributed by atoms with van der Waals surface area (Å²) in [6.07, 6.45) is -5.56. The van der Waals surface area contributed by atoms with E-state index < -0.39 is 27.5 Å². The minimum absolute atomic E-state index is 0.0618. The van der Waals surface area contributed by atoms with Crippen molar-refractivity contribution in [3.8, 4) is 5.69 Å². The summed E-state index contributed by atoms with van der Waals surface area (Å²) < 4.78 is 66.3. The first-order valence-corrected chi connectivity index (χ1v) is 9.93. The number of nitro groups is 1. The number of aromatic nitrogens is 2. The number of nitro benzene ring substituents is 1. The molecule has 0 radical (unpaired) electrons. The lowest BCUT2D eigenvalue weighted by Gasteiger charge is -2.11. The Kier molecular flexibility index (Phi) is 5.53. The number of nitrogens with one attached hydrogen (secondary N) is 1. The monoisotopic (exact) mass is 440 g/mol. The number of hydrogen-bond donors (Lipinski definition) is 1. The summed E-state index contributed by atoms with van der Waals surface area (Å²) in [7, 11) is -4.11. The molecule has 0 aliphatic heterocycles. The Bertz CT molecular complexity index is 1170. The zero-order valence-electron chi connectivity index (χ0n) is 15.4. The molecule has 0 amide bonds. The summed E-state index contributed by atoms with van der Waals surface area (Å²) in [6.45, 7) is 1.63. The molecule has 0 bridgehead atoms. The highest BCUT2D eigenvalue weighted by Crippen LogP contribution is 2.25. The third-order valence-electron chi connectivity index (χ3n) is 4.01. The molecule has 0 saturated heterocycles. The normalized spacial score (nSPS) is 12.0. The van der Waals surface area contributed by atoms with Crippen LogP contribution in [0.4, 0.5) is 24.7 Å². The van der Waals surface area contributed by atoms with Gasteiger partial charge in [0.15, 0.2) is 0 Å². The van der Waals surface area contributed by atoms with Crippen LogP contribution in [0.15, 0.2) is 59.5 Å². The maximum Gasteiger partial charge on any atom is 0.393 e. The van der Waals surface area contributed by atoms with Crippen LogP contribution in [0.2, 0.25) is 0 Å². The molecule has 8 nitrogen and oxygen atoms in total. The van der Waals surface area contributed by atoms with Crippen molar-refractivity contribution in [3.63, 3.8) is 0 Å². The summed E-state index contributed by atoms with van der Waals surface area (Å²) >= 11 is 0. The quantitative estimate of drug-likeness (QED) is 0.461. The van der Waals surface area contributed by atoms with Crippen molar-refractivity contribution >= 4 is 21.5 Å². The molecule has 0 fully saturated rings. The SMILES string of the molecule is Cc1cc(NS(=O)(=O)c2ccc(CC(F)(F)F)cc2)n(-c2ccc([N+](=O)[O-])cc2)n1. The van der Waals surface area contributed by atoms with Gasteiger partial charge in [-0.05, 0) is 36.8 Å². The number of sulfonamides is 1. The van der Waals surface area contributed by atoms with E-state index in [1.54, 1.807) is 6.92 Å². The Hall–Kier alpha value is -3.41. The molecule has 0 spiro atoms. The third kappa shape index (κ3) is 4.95. The number of benzene rings is 2. The first-order chi connectivity index (χ1) is 13.9.